The lowest BCUT2D eigenvalue weighted by Gasteiger charge is -2.29. The van der Waals surface area contributed by atoms with Gasteiger partial charge in [-0.25, -0.2) is 4.98 Å². The monoisotopic (exact) mass is 343 g/mol. The van der Waals surface area contributed by atoms with Gasteiger partial charge in [0.25, 0.3) is 5.91 Å². The number of benzene rings is 2. The van der Waals surface area contributed by atoms with Crippen LogP contribution in [0.25, 0.3) is 0 Å². The Morgan fingerprint density at radius 2 is 1.77 bits per heavy atom. The molecule has 0 bridgehead atoms. The third-order valence-electron chi connectivity index (χ3n) is 4.86. The number of aromatic nitrogens is 1. The average molecular weight is 343 g/mol. The molecule has 0 spiro atoms. The molecule has 2 heterocycles. The molecule has 1 aliphatic rings. The molecule has 0 atom stereocenters. The number of carbonyl (C=O) groups excluding carboxylic acids is 1. The van der Waals surface area contributed by atoms with Gasteiger partial charge in [0.05, 0.1) is 5.56 Å². The van der Waals surface area contributed by atoms with E-state index >= 15 is 0 Å². The van der Waals surface area contributed by atoms with Crippen LogP contribution in [-0.2, 0) is 13.0 Å². The van der Waals surface area contributed by atoms with Crippen molar-refractivity contribution in [3.63, 3.8) is 0 Å². The number of hydrogen-bond donors (Lipinski definition) is 1. The Balaban J connectivity index is 1.47. The minimum atomic E-state index is -0.137. The Bertz CT molecular complexity index is 934. The van der Waals surface area contributed by atoms with Crippen LogP contribution in [0.5, 0.6) is 0 Å². The number of fused-ring (bicyclic) bond motifs is 1. The fraction of sp³-hybridized carbons (Fsp3) is 0.182. The van der Waals surface area contributed by atoms with Gasteiger partial charge in [-0.2, -0.15) is 0 Å². The van der Waals surface area contributed by atoms with Gasteiger partial charge in [-0.1, -0.05) is 42.5 Å². The topological polar surface area (TPSA) is 45.2 Å². The van der Waals surface area contributed by atoms with Crippen LogP contribution in [0.2, 0.25) is 0 Å². The third kappa shape index (κ3) is 3.31. The van der Waals surface area contributed by atoms with E-state index in [1.54, 1.807) is 6.20 Å². The number of carbonyl (C=O) groups is 1. The number of nitrogens with zero attached hydrogens (tertiary/aromatic N) is 2. The van der Waals surface area contributed by atoms with Gasteiger partial charge in [0.15, 0.2) is 0 Å². The van der Waals surface area contributed by atoms with Crippen LogP contribution >= 0.6 is 0 Å². The lowest BCUT2D eigenvalue weighted by molar-refractivity contribution is 0.102. The molecule has 1 N–H and O–H groups in total. The van der Waals surface area contributed by atoms with Gasteiger partial charge in [-0.3, -0.25) is 4.79 Å². The second-order valence-corrected chi connectivity index (χ2v) is 6.61. The Labute approximate surface area is 153 Å². The molecule has 0 fully saturated rings. The number of amides is 1. The molecular formula is C22H21N3O. The zero-order chi connectivity index (χ0) is 17.9. The van der Waals surface area contributed by atoms with E-state index in [-0.39, 0.29) is 5.91 Å². The number of nitrogens with one attached hydrogen (secondary N) is 1. The predicted molar refractivity (Wildman–Crippen MR) is 105 cm³/mol. The van der Waals surface area contributed by atoms with Crippen molar-refractivity contribution >= 4 is 17.4 Å². The second kappa shape index (κ2) is 7.00. The third-order valence-corrected chi connectivity index (χ3v) is 4.86. The number of hydrogen-bond acceptors (Lipinski definition) is 3. The predicted octanol–water partition coefficient (Wildman–Crippen LogP) is 4.21. The first-order valence-electron chi connectivity index (χ1n) is 8.85. The zero-order valence-electron chi connectivity index (χ0n) is 14.8. The van der Waals surface area contributed by atoms with Crippen LogP contribution < -0.4 is 10.2 Å². The normalized spacial score (nSPS) is 13.2. The lowest BCUT2D eigenvalue weighted by atomic mass is 10.00. The summed E-state index contributed by atoms with van der Waals surface area (Å²) in [6.45, 7) is 3.78. The summed E-state index contributed by atoms with van der Waals surface area (Å²) in [6, 6.07) is 20.1. The average Bonchev–Trinajstić information content (AvgIpc) is 2.69. The van der Waals surface area contributed by atoms with Gasteiger partial charge in [-0.05, 0) is 48.2 Å². The van der Waals surface area contributed by atoms with E-state index < -0.39 is 0 Å². The second-order valence-electron chi connectivity index (χ2n) is 6.61. The van der Waals surface area contributed by atoms with Crippen molar-refractivity contribution in [2.75, 3.05) is 16.8 Å². The summed E-state index contributed by atoms with van der Waals surface area (Å²) < 4.78 is 0. The van der Waals surface area contributed by atoms with Gasteiger partial charge in [0, 0.05) is 25.0 Å². The van der Waals surface area contributed by atoms with E-state index in [0.29, 0.717) is 5.56 Å². The largest absolute Gasteiger partial charge is 0.352 e. The fourth-order valence-corrected chi connectivity index (χ4v) is 3.31. The molecule has 3 aromatic rings. The van der Waals surface area contributed by atoms with Gasteiger partial charge in [-0.15, -0.1) is 0 Å². The van der Waals surface area contributed by atoms with Crippen LogP contribution in [0.4, 0.5) is 11.5 Å². The maximum absolute atomic E-state index is 12.5. The van der Waals surface area contributed by atoms with Crippen LogP contribution in [-0.4, -0.2) is 17.4 Å². The summed E-state index contributed by atoms with van der Waals surface area (Å²) in [5.41, 5.74) is 5.20. The molecule has 0 radical (unpaired) electrons. The SMILES string of the molecule is Cc1ccccc1NC(=O)c1ccc(N2CCc3ccccc3C2)nc1. The van der Waals surface area contributed by atoms with Gasteiger partial charge in [0.1, 0.15) is 5.82 Å². The summed E-state index contributed by atoms with van der Waals surface area (Å²) in [7, 11) is 0. The number of anilines is 2. The Hall–Kier alpha value is -3.14. The minimum absolute atomic E-state index is 0.137. The van der Waals surface area contributed by atoms with Crippen LogP contribution in [0.1, 0.15) is 27.0 Å². The molecule has 1 aliphatic heterocycles. The van der Waals surface area contributed by atoms with Crippen molar-refractivity contribution in [2.45, 2.75) is 19.9 Å². The van der Waals surface area contributed by atoms with Crippen molar-refractivity contribution in [1.29, 1.82) is 0 Å². The summed E-state index contributed by atoms with van der Waals surface area (Å²) in [5.74, 6) is 0.772. The van der Waals surface area contributed by atoms with E-state index in [2.05, 4.69) is 39.5 Å². The number of pyridine rings is 1. The highest BCUT2D eigenvalue weighted by atomic mass is 16.1. The summed E-state index contributed by atoms with van der Waals surface area (Å²) in [4.78, 5) is 19.2. The highest BCUT2D eigenvalue weighted by Gasteiger charge is 2.17. The summed E-state index contributed by atoms with van der Waals surface area (Å²) in [6.07, 6.45) is 2.68. The van der Waals surface area contributed by atoms with E-state index in [0.717, 1.165) is 36.6 Å². The van der Waals surface area contributed by atoms with Crippen LogP contribution in [0.3, 0.4) is 0 Å². The fourth-order valence-electron chi connectivity index (χ4n) is 3.31. The minimum Gasteiger partial charge on any atom is -0.352 e. The smallest absolute Gasteiger partial charge is 0.257 e. The first-order chi connectivity index (χ1) is 12.7. The van der Waals surface area contributed by atoms with E-state index in [9.17, 15) is 4.79 Å². The molecule has 4 rings (SSSR count). The van der Waals surface area contributed by atoms with E-state index in [4.69, 9.17) is 0 Å². The number of aryl methyl sites for hydroxylation is 1. The maximum Gasteiger partial charge on any atom is 0.257 e. The molecule has 0 unspecified atom stereocenters. The molecule has 4 nitrogen and oxygen atoms in total. The summed E-state index contributed by atoms with van der Waals surface area (Å²) in [5, 5.41) is 2.95. The molecule has 0 saturated carbocycles. The van der Waals surface area contributed by atoms with Gasteiger partial charge < -0.3 is 10.2 Å². The van der Waals surface area contributed by atoms with Crippen molar-refractivity contribution in [1.82, 2.24) is 4.98 Å². The van der Waals surface area contributed by atoms with Crippen LogP contribution in [0, 0.1) is 6.92 Å². The number of para-hydroxylation sites is 1. The van der Waals surface area contributed by atoms with E-state index in [1.165, 1.54) is 11.1 Å². The molecule has 0 aliphatic carbocycles. The Morgan fingerprint density at radius 3 is 2.54 bits per heavy atom. The highest BCUT2D eigenvalue weighted by Crippen LogP contribution is 2.23. The maximum atomic E-state index is 12.5. The van der Waals surface area contributed by atoms with Gasteiger partial charge in [0.2, 0.25) is 0 Å². The first kappa shape index (κ1) is 16.3. The molecule has 0 saturated heterocycles. The standard InChI is InChI=1S/C22H21N3O/c1-16-6-2-5-9-20(16)24-22(26)18-10-11-21(23-14-18)25-13-12-17-7-3-4-8-19(17)15-25/h2-11,14H,12-13,15H2,1H3,(H,24,26). The Kier molecular flexibility index (Phi) is 4.40. The number of rotatable bonds is 3. The Morgan fingerprint density at radius 1 is 1.00 bits per heavy atom. The molecule has 4 heteroatoms. The molecule has 130 valence electrons. The molecule has 26 heavy (non-hydrogen) atoms. The van der Waals surface area contributed by atoms with Crippen molar-refractivity contribution in [3.8, 4) is 0 Å². The molecule has 1 aromatic heterocycles. The summed E-state index contributed by atoms with van der Waals surface area (Å²) >= 11 is 0. The van der Waals surface area contributed by atoms with Crippen LogP contribution in [0.15, 0.2) is 66.9 Å². The highest BCUT2D eigenvalue weighted by molar-refractivity contribution is 6.04. The van der Waals surface area contributed by atoms with Gasteiger partial charge >= 0.3 is 0 Å². The van der Waals surface area contributed by atoms with Crippen molar-refractivity contribution in [2.24, 2.45) is 0 Å². The van der Waals surface area contributed by atoms with E-state index in [1.807, 2.05) is 43.3 Å². The molecule has 2 aromatic carbocycles. The molecule has 1 amide bonds. The van der Waals surface area contributed by atoms with Crippen molar-refractivity contribution in [3.05, 3.63) is 89.1 Å². The van der Waals surface area contributed by atoms with Crippen molar-refractivity contribution < 1.29 is 4.79 Å². The zero-order valence-corrected chi connectivity index (χ0v) is 14.8. The first-order valence-corrected chi connectivity index (χ1v) is 8.85. The lowest BCUT2D eigenvalue weighted by Crippen LogP contribution is -2.31. The quantitative estimate of drug-likeness (QED) is 0.775. The molecular weight excluding hydrogens is 322 g/mol.